The van der Waals surface area contributed by atoms with Gasteiger partial charge in [0.25, 0.3) is 0 Å². The van der Waals surface area contributed by atoms with E-state index in [0.717, 1.165) is 11.8 Å². The summed E-state index contributed by atoms with van der Waals surface area (Å²) in [4.78, 5) is 39.2. The summed E-state index contributed by atoms with van der Waals surface area (Å²) in [7, 11) is 0. The minimum absolute atomic E-state index is 0.0317. The van der Waals surface area contributed by atoms with Crippen molar-refractivity contribution >= 4 is 11.8 Å². The zero-order valence-electron chi connectivity index (χ0n) is 31.7. The second-order valence-corrected chi connectivity index (χ2v) is 14.8. The fourth-order valence-electron chi connectivity index (χ4n) is 7.30. The maximum atomic E-state index is 14.0. The van der Waals surface area contributed by atoms with E-state index in [9.17, 15) is 41.8 Å². The van der Waals surface area contributed by atoms with Crippen molar-refractivity contribution in [2.45, 2.75) is 69.3 Å². The molecular weight excluding hydrogens is 771 g/mol. The lowest BCUT2D eigenvalue weighted by atomic mass is 9.90. The van der Waals surface area contributed by atoms with Gasteiger partial charge < -0.3 is 34.7 Å². The number of halogens is 5. The highest BCUT2D eigenvalue weighted by molar-refractivity contribution is 5.82. The second-order valence-electron chi connectivity index (χ2n) is 14.8. The zero-order chi connectivity index (χ0) is 41.6. The van der Waals surface area contributed by atoms with Gasteiger partial charge in [-0.25, -0.2) is 4.98 Å². The van der Waals surface area contributed by atoms with Crippen LogP contribution < -0.4 is 20.1 Å². The van der Waals surface area contributed by atoms with Crippen molar-refractivity contribution in [3.8, 4) is 22.8 Å². The Morgan fingerprint density at radius 3 is 2.52 bits per heavy atom. The van der Waals surface area contributed by atoms with E-state index in [2.05, 4.69) is 20.0 Å². The average molecular weight is 817 g/mol. The zero-order valence-corrected chi connectivity index (χ0v) is 31.7. The number of pyridine rings is 1. The van der Waals surface area contributed by atoms with E-state index < -0.39 is 66.9 Å². The van der Waals surface area contributed by atoms with Gasteiger partial charge in [-0.05, 0) is 44.4 Å². The molecule has 6 rings (SSSR count). The van der Waals surface area contributed by atoms with Gasteiger partial charge >= 0.3 is 12.8 Å². The Morgan fingerprint density at radius 2 is 1.78 bits per heavy atom. The Hall–Kier alpha value is -5.17. The van der Waals surface area contributed by atoms with Crippen molar-refractivity contribution in [1.82, 2.24) is 30.4 Å². The van der Waals surface area contributed by atoms with Crippen LogP contribution in [0.3, 0.4) is 0 Å². The molecule has 4 N–H and O–H groups in total. The number of aromatic nitrogens is 2. The lowest BCUT2D eigenvalue weighted by Gasteiger charge is -2.46. The summed E-state index contributed by atoms with van der Waals surface area (Å²) in [6, 6.07) is 15.6. The van der Waals surface area contributed by atoms with Crippen molar-refractivity contribution in [2.24, 2.45) is 5.92 Å². The SMILES string of the molecule is CC(C)(c1ncc(-c2cncc(OC(F)F)c2)o1)N1CCN(C[C@@H](O)CC(Cc2ccccc2)C(=O)N[C@H]2c3ccccc3OC[C@H]2O)[C@H](C(=O)NCC(F)(F)F)C1. The number of rotatable bonds is 15. The van der Waals surface area contributed by atoms with Crippen molar-refractivity contribution in [3.63, 3.8) is 0 Å². The molecule has 2 aromatic heterocycles. The molecule has 0 saturated carbocycles. The average Bonchev–Trinajstić information content (AvgIpc) is 3.70. The van der Waals surface area contributed by atoms with E-state index in [1.807, 2.05) is 40.5 Å². The lowest BCUT2D eigenvalue weighted by Crippen LogP contribution is -2.63. The molecule has 2 amide bonds. The maximum absolute atomic E-state index is 14.0. The molecule has 0 aliphatic carbocycles. The molecule has 4 heterocycles. The highest BCUT2D eigenvalue weighted by Crippen LogP contribution is 2.35. The third kappa shape index (κ3) is 10.7. The number of β-amino-alcohol motifs (C(OH)–C–C–N with tert-alkyl or cyclic N) is 1. The van der Waals surface area contributed by atoms with Crippen molar-refractivity contribution in [3.05, 3.63) is 96.3 Å². The van der Waals surface area contributed by atoms with Crippen LogP contribution in [0.25, 0.3) is 11.3 Å². The molecule has 0 bridgehead atoms. The van der Waals surface area contributed by atoms with Gasteiger partial charge in [0.15, 0.2) is 5.76 Å². The number of aliphatic hydroxyl groups excluding tert-OH is 2. The summed E-state index contributed by atoms with van der Waals surface area (Å²) < 4.78 is 81.5. The van der Waals surface area contributed by atoms with Gasteiger partial charge in [-0.1, -0.05) is 48.5 Å². The van der Waals surface area contributed by atoms with Gasteiger partial charge in [0.2, 0.25) is 17.7 Å². The molecule has 58 heavy (non-hydrogen) atoms. The number of para-hydroxylation sites is 1. The number of piperazine rings is 1. The molecule has 0 radical (unpaired) electrons. The summed E-state index contributed by atoms with van der Waals surface area (Å²) in [6.07, 6.45) is -2.86. The summed E-state index contributed by atoms with van der Waals surface area (Å²) in [6.45, 7) is -0.968. The van der Waals surface area contributed by atoms with E-state index in [-0.39, 0.29) is 63.0 Å². The normalized spacial score (nSPS) is 20.1. The van der Waals surface area contributed by atoms with Crippen molar-refractivity contribution in [1.29, 1.82) is 0 Å². The molecule has 4 aromatic rings. The number of aliphatic hydroxyl groups is 2. The van der Waals surface area contributed by atoms with Crippen LogP contribution in [-0.2, 0) is 21.5 Å². The molecule has 0 spiro atoms. The van der Waals surface area contributed by atoms with Crippen LogP contribution >= 0.6 is 0 Å². The Labute approximate surface area is 331 Å². The smallest absolute Gasteiger partial charge is 0.405 e. The monoisotopic (exact) mass is 816 g/mol. The highest BCUT2D eigenvalue weighted by atomic mass is 19.4. The number of hydrogen-bond acceptors (Lipinski definition) is 11. The van der Waals surface area contributed by atoms with Gasteiger partial charge in [-0.3, -0.25) is 24.4 Å². The number of carbonyl (C=O) groups is 2. The Morgan fingerprint density at radius 1 is 1.03 bits per heavy atom. The third-order valence-corrected chi connectivity index (χ3v) is 10.3. The number of amides is 2. The van der Waals surface area contributed by atoms with E-state index in [0.29, 0.717) is 16.9 Å². The summed E-state index contributed by atoms with van der Waals surface area (Å²) in [5.41, 5.74) is 0.711. The number of alkyl halides is 5. The first-order valence-electron chi connectivity index (χ1n) is 18.7. The summed E-state index contributed by atoms with van der Waals surface area (Å²) >= 11 is 0. The molecule has 18 heteroatoms. The Kier molecular flexibility index (Phi) is 13.3. The number of benzene rings is 2. The van der Waals surface area contributed by atoms with Crippen molar-refractivity contribution in [2.75, 3.05) is 39.3 Å². The number of oxazole rings is 1. The van der Waals surface area contributed by atoms with Crippen LogP contribution in [0.5, 0.6) is 11.5 Å². The first kappa shape index (κ1) is 42.4. The quantitative estimate of drug-likeness (QED) is 0.126. The Bertz CT molecular complexity index is 2000. The number of fused-ring (bicyclic) bond motifs is 1. The van der Waals surface area contributed by atoms with Crippen LogP contribution in [0, 0.1) is 5.92 Å². The van der Waals surface area contributed by atoms with E-state index in [1.54, 1.807) is 43.0 Å². The van der Waals surface area contributed by atoms with E-state index >= 15 is 0 Å². The molecule has 312 valence electrons. The number of hydrogen-bond donors (Lipinski definition) is 4. The van der Waals surface area contributed by atoms with Crippen LogP contribution in [0.1, 0.15) is 43.3 Å². The molecule has 13 nitrogen and oxygen atoms in total. The first-order chi connectivity index (χ1) is 27.6. The molecule has 2 aliphatic heterocycles. The molecular formula is C40H45F5N6O7. The fourth-order valence-corrected chi connectivity index (χ4v) is 7.30. The fraction of sp³-hybridized carbons (Fsp3) is 0.450. The number of ether oxygens (including phenoxy) is 2. The van der Waals surface area contributed by atoms with Crippen LogP contribution in [0.2, 0.25) is 0 Å². The van der Waals surface area contributed by atoms with Crippen LogP contribution in [-0.4, -0.2) is 112 Å². The first-order valence-corrected chi connectivity index (χ1v) is 18.7. The topological polar surface area (TPSA) is 163 Å². The van der Waals surface area contributed by atoms with Crippen molar-refractivity contribution < 1.29 is 55.6 Å². The standard InChI is InChI=1S/C40H45F5N6O7/c1-39(2,37-47-19-33(58-37)26-16-28(18-46-17-26)57-38(41)42)51-13-12-50(30(21-51)36(55)48-23-40(43,44)45)20-27(52)15-25(14-24-8-4-3-5-9-24)35(54)49-34-29-10-6-7-11-32(29)56-22-31(34)53/h3-11,16-19,25,27,30-31,34,38,52-53H,12-15,20-23H2,1-2H3,(H,48,55)(H,49,54)/t25?,27-,30-,31+,34-/m0/s1. The number of nitrogens with one attached hydrogen (secondary N) is 2. The predicted octanol–water partition coefficient (Wildman–Crippen LogP) is 4.46. The summed E-state index contributed by atoms with van der Waals surface area (Å²) in [5, 5.41) is 27.3. The van der Waals surface area contributed by atoms with Gasteiger partial charge in [-0.2, -0.15) is 22.0 Å². The van der Waals surface area contributed by atoms with Gasteiger partial charge in [0.1, 0.15) is 36.8 Å². The molecule has 1 saturated heterocycles. The van der Waals surface area contributed by atoms with E-state index in [4.69, 9.17) is 9.15 Å². The lowest BCUT2D eigenvalue weighted by molar-refractivity contribution is -0.144. The predicted molar refractivity (Wildman–Crippen MR) is 198 cm³/mol. The molecule has 1 fully saturated rings. The third-order valence-electron chi connectivity index (χ3n) is 10.3. The molecule has 2 aliphatic rings. The Balaban J connectivity index is 1.18. The molecule has 1 unspecified atom stereocenters. The molecule has 5 atom stereocenters. The van der Waals surface area contributed by atoms with E-state index in [1.165, 1.54) is 18.5 Å². The summed E-state index contributed by atoms with van der Waals surface area (Å²) in [5.74, 6) is -1.42. The largest absolute Gasteiger partial charge is 0.490 e. The number of nitrogens with zero attached hydrogens (tertiary/aromatic N) is 4. The molecule has 2 aromatic carbocycles. The number of carbonyl (C=O) groups excluding carboxylic acids is 2. The second kappa shape index (κ2) is 18.2. The minimum Gasteiger partial charge on any atom is -0.490 e. The van der Waals surface area contributed by atoms with Gasteiger partial charge in [-0.15, -0.1) is 0 Å². The maximum Gasteiger partial charge on any atom is 0.405 e. The highest BCUT2D eigenvalue weighted by Gasteiger charge is 2.43. The minimum atomic E-state index is -4.68. The van der Waals surface area contributed by atoms with Gasteiger partial charge in [0.05, 0.1) is 30.1 Å². The van der Waals surface area contributed by atoms with Crippen LogP contribution in [0.15, 0.2) is 83.7 Å². The van der Waals surface area contributed by atoms with Crippen LogP contribution in [0.4, 0.5) is 22.0 Å². The van der Waals surface area contributed by atoms with Gasteiger partial charge in [0, 0.05) is 49.4 Å².